The quantitative estimate of drug-likeness (QED) is 0.657. The molecule has 0 saturated carbocycles. The normalized spacial score (nSPS) is 10.0. The maximum absolute atomic E-state index is 5.84. The summed E-state index contributed by atoms with van der Waals surface area (Å²) in [6, 6.07) is 3.94. The highest BCUT2D eigenvalue weighted by atomic mass is 35.5. The molecule has 3 heteroatoms. The Kier molecular flexibility index (Phi) is 2.93. The molecule has 1 heterocycles. The van der Waals surface area contributed by atoms with E-state index in [2.05, 4.69) is 11.9 Å². The second kappa shape index (κ2) is 3.76. The van der Waals surface area contributed by atoms with Gasteiger partial charge in [0.25, 0.3) is 0 Å². The molecule has 0 aliphatic heterocycles. The Hall–Kier alpha value is -0.760. The van der Waals surface area contributed by atoms with Crippen molar-refractivity contribution in [1.82, 2.24) is 4.98 Å². The molecule has 0 bridgehead atoms. The highest BCUT2D eigenvalue weighted by molar-refractivity contribution is 6.29. The maximum Gasteiger partial charge on any atom is 0.131 e. The standard InChI is InChI=1S/C9H13ClN2/c1-4-7-5-8(10)11-9(6-7)12(2)3/h5-6H,4H2,1-3H3. The summed E-state index contributed by atoms with van der Waals surface area (Å²) in [5.74, 6) is 0.916. The van der Waals surface area contributed by atoms with Gasteiger partial charge in [-0.05, 0) is 24.1 Å². The summed E-state index contributed by atoms with van der Waals surface area (Å²) >= 11 is 5.84. The van der Waals surface area contributed by atoms with Crippen LogP contribution in [0.25, 0.3) is 0 Å². The van der Waals surface area contributed by atoms with Crippen molar-refractivity contribution in [2.75, 3.05) is 19.0 Å². The Bertz CT molecular complexity index is 271. The van der Waals surface area contributed by atoms with Gasteiger partial charge >= 0.3 is 0 Å². The zero-order valence-corrected chi connectivity index (χ0v) is 8.39. The van der Waals surface area contributed by atoms with Crippen LogP contribution in [0.3, 0.4) is 0 Å². The second-order valence-electron chi connectivity index (χ2n) is 2.90. The summed E-state index contributed by atoms with van der Waals surface area (Å²) in [5.41, 5.74) is 1.22. The van der Waals surface area contributed by atoms with Crippen LogP contribution in [0, 0.1) is 0 Å². The third-order valence-corrected chi connectivity index (χ3v) is 1.90. The zero-order chi connectivity index (χ0) is 9.14. The largest absolute Gasteiger partial charge is 0.363 e. The number of pyridine rings is 1. The van der Waals surface area contributed by atoms with Crippen molar-refractivity contribution in [1.29, 1.82) is 0 Å². The molecule has 0 N–H and O–H groups in total. The van der Waals surface area contributed by atoms with Gasteiger partial charge in [0, 0.05) is 14.1 Å². The highest BCUT2D eigenvalue weighted by Crippen LogP contribution is 2.16. The third-order valence-electron chi connectivity index (χ3n) is 1.71. The molecule has 12 heavy (non-hydrogen) atoms. The van der Waals surface area contributed by atoms with Gasteiger partial charge in [0.15, 0.2) is 0 Å². The van der Waals surface area contributed by atoms with E-state index in [1.165, 1.54) is 5.56 Å². The SMILES string of the molecule is CCc1cc(Cl)nc(N(C)C)c1. The Morgan fingerprint density at radius 3 is 2.58 bits per heavy atom. The molecule has 1 aromatic rings. The lowest BCUT2D eigenvalue weighted by atomic mass is 10.2. The van der Waals surface area contributed by atoms with Crippen LogP contribution in [0.5, 0.6) is 0 Å². The Balaban J connectivity index is 3.06. The predicted octanol–water partition coefficient (Wildman–Crippen LogP) is 2.36. The van der Waals surface area contributed by atoms with Crippen LogP contribution in [-0.2, 0) is 6.42 Å². The molecular weight excluding hydrogens is 172 g/mol. The summed E-state index contributed by atoms with van der Waals surface area (Å²) in [4.78, 5) is 6.12. The van der Waals surface area contributed by atoms with E-state index in [4.69, 9.17) is 11.6 Å². The Morgan fingerprint density at radius 2 is 2.08 bits per heavy atom. The number of halogens is 1. The first-order valence-electron chi connectivity index (χ1n) is 3.97. The number of nitrogens with zero attached hydrogens (tertiary/aromatic N) is 2. The summed E-state index contributed by atoms with van der Waals surface area (Å²) in [5, 5.41) is 0.568. The molecule has 0 aromatic carbocycles. The minimum Gasteiger partial charge on any atom is -0.363 e. The Labute approximate surface area is 78.2 Å². The third kappa shape index (κ3) is 2.11. The lowest BCUT2D eigenvalue weighted by molar-refractivity contribution is 1.04. The topological polar surface area (TPSA) is 16.1 Å². The van der Waals surface area contributed by atoms with Crippen molar-refractivity contribution in [3.63, 3.8) is 0 Å². The van der Waals surface area contributed by atoms with Crippen molar-refractivity contribution < 1.29 is 0 Å². The second-order valence-corrected chi connectivity index (χ2v) is 3.29. The van der Waals surface area contributed by atoms with Crippen molar-refractivity contribution in [2.24, 2.45) is 0 Å². The molecule has 66 valence electrons. The van der Waals surface area contributed by atoms with Crippen molar-refractivity contribution in [3.8, 4) is 0 Å². The number of hydrogen-bond acceptors (Lipinski definition) is 2. The first kappa shape index (κ1) is 9.33. The minimum atomic E-state index is 0.568. The summed E-state index contributed by atoms with van der Waals surface area (Å²) < 4.78 is 0. The van der Waals surface area contributed by atoms with E-state index >= 15 is 0 Å². The van der Waals surface area contributed by atoms with Gasteiger partial charge in [-0.15, -0.1) is 0 Å². The van der Waals surface area contributed by atoms with Gasteiger partial charge in [-0.3, -0.25) is 0 Å². The number of rotatable bonds is 2. The molecule has 0 unspecified atom stereocenters. The monoisotopic (exact) mass is 184 g/mol. The van der Waals surface area contributed by atoms with Crippen molar-refractivity contribution in [2.45, 2.75) is 13.3 Å². The van der Waals surface area contributed by atoms with Gasteiger partial charge < -0.3 is 4.90 Å². The van der Waals surface area contributed by atoms with Crippen molar-refractivity contribution in [3.05, 3.63) is 22.8 Å². The molecule has 0 radical (unpaired) electrons. The molecule has 0 saturated heterocycles. The predicted molar refractivity (Wildman–Crippen MR) is 53.0 cm³/mol. The fourth-order valence-corrected chi connectivity index (χ4v) is 1.19. The van der Waals surface area contributed by atoms with Gasteiger partial charge in [-0.2, -0.15) is 0 Å². The van der Waals surface area contributed by atoms with Crippen LogP contribution in [0.1, 0.15) is 12.5 Å². The summed E-state index contributed by atoms with van der Waals surface area (Å²) in [6.07, 6.45) is 0.989. The Morgan fingerprint density at radius 1 is 1.42 bits per heavy atom. The lowest BCUT2D eigenvalue weighted by Crippen LogP contribution is -2.10. The smallest absolute Gasteiger partial charge is 0.131 e. The molecule has 0 fully saturated rings. The molecular formula is C9H13ClN2. The van der Waals surface area contributed by atoms with Crippen LogP contribution in [0.4, 0.5) is 5.82 Å². The van der Waals surface area contributed by atoms with E-state index in [9.17, 15) is 0 Å². The van der Waals surface area contributed by atoms with Crippen LogP contribution in [0.2, 0.25) is 5.15 Å². The molecule has 0 aliphatic carbocycles. The molecule has 1 aromatic heterocycles. The van der Waals surface area contributed by atoms with E-state index in [1.54, 1.807) is 0 Å². The van der Waals surface area contributed by atoms with E-state index < -0.39 is 0 Å². The van der Waals surface area contributed by atoms with E-state index in [0.717, 1.165) is 12.2 Å². The fourth-order valence-electron chi connectivity index (χ4n) is 0.968. The zero-order valence-electron chi connectivity index (χ0n) is 7.63. The first-order valence-corrected chi connectivity index (χ1v) is 4.35. The minimum absolute atomic E-state index is 0.568. The lowest BCUT2D eigenvalue weighted by Gasteiger charge is -2.12. The molecule has 1 rings (SSSR count). The maximum atomic E-state index is 5.84. The molecule has 0 spiro atoms. The summed E-state index contributed by atoms with van der Waals surface area (Å²) in [7, 11) is 3.91. The average Bonchev–Trinajstić information content (AvgIpc) is 2.03. The molecule has 0 aliphatic rings. The first-order chi connectivity index (χ1) is 5.63. The number of hydrogen-bond donors (Lipinski definition) is 0. The van der Waals surface area contributed by atoms with E-state index in [0.29, 0.717) is 5.15 Å². The number of aromatic nitrogens is 1. The number of anilines is 1. The average molecular weight is 185 g/mol. The van der Waals surface area contributed by atoms with E-state index in [-0.39, 0.29) is 0 Å². The molecule has 0 atom stereocenters. The van der Waals surface area contributed by atoms with Crippen molar-refractivity contribution >= 4 is 17.4 Å². The molecule has 2 nitrogen and oxygen atoms in total. The van der Waals surface area contributed by atoms with Gasteiger partial charge in [-0.25, -0.2) is 4.98 Å². The van der Waals surface area contributed by atoms with Gasteiger partial charge in [0.1, 0.15) is 11.0 Å². The molecule has 0 amide bonds. The van der Waals surface area contributed by atoms with Crippen LogP contribution in [-0.4, -0.2) is 19.1 Å². The van der Waals surface area contributed by atoms with Gasteiger partial charge in [0.05, 0.1) is 0 Å². The van der Waals surface area contributed by atoms with E-state index in [1.807, 2.05) is 31.1 Å². The van der Waals surface area contributed by atoms with Crippen LogP contribution >= 0.6 is 11.6 Å². The highest BCUT2D eigenvalue weighted by Gasteiger charge is 2.00. The summed E-state index contributed by atoms with van der Waals surface area (Å²) in [6.45, 7) is 2.10. The van der Waals surface area contributed by atoms with Gasteiger partial charge in [0.2, 0.25) is 0 Å². The fraction of sp³-hybridized carbons (Fsp3) is 0.444. The van der Waals surface area contributed by atoms with Crippen LogP contribution in [0.15, 0.2) is 12.1 Å². The number of aryl methyl sites for hydroxylation is 1. The van der Waals surface area contributed by atoms with Gasteiger partial charge in [-0.1, -0.05) is 18.5 Å². The van der Waals surface area contributed by atoms with Crippen LogP contribution < -0.4 is 4.90 Å².